The third kappa shape index (κ3) is 3.03. The Bertz CT molecular complexity index is 601. The van der Waals surface area contributed by atoms with E-state index in [9.17, 15) is 13.2 Å². The molecule has 19 heavy (non-hydrogen) atoms. The summed E-state index contributed by atoms with van der Waals surface area (Å²) in [6.45, 7) is 0. The van der Waals surface area contributed by atoms with Crippen molar-refractivity contribution < 1.29 is 17.9 Å². The molecule has 0 aliphatic heterocycles. The molecule has 0 atom stereocenters. The molecule has 0 fully saturated rings. The molecule has 1 heterocycles. The zero-order chi connectivity index (χ0) is 14.0. The number of nitrogens with zero attached hydrogens (tertiary/aromatic N) is 2. The van der Waals surface area contributed by atoms with Gasteiger partial charge in [0.05, 0.1) is 6.20 Å². The number of nitrogen functional groups attached to an aromatic ring is 2. The van der Waals surface area contributed by atoms with Crippen LogP contribution in [-0.4, -0.2) is 16.3 Å². The first-order valence-corrected chi connectivity index (χ1v) is 5.10. The van der Waals surface area contributed by atoms with Crippen LogP contribution in [0.1, 0.15) is 0 Å². The van der Waals surface area contributed by atoms with Crippen LogP contribution in [0.15, 0.2) is 30.5 Å². The number of anilines is 2. The van der Waals surface area contributed by atoms with Crippen LogP contribution < -0.4 is 16.2 Å². The number of rotatable bonds is 2. The van der Waals surface area contributed by atoms with Crippen molar-refractivity contribution >= 4 is 11.6 Å². The summed E-state index contributed by atoms with van der Waals surface area (Å²) in [4.78, 5) is 7.62. The van der Waals surface area contributed by atoms with Gasteiger partial charge in [-0.2, -0.15) is 0 Å². The maximum atomic E-state index is 12.3. The van der Waals surface area contributed by atoms with E-state index < -0.39 is 12.1 Å². The molecule has 0 spiro atoms. The molecule has 5 nitrogen and oxygen atoms in total. The minimum atomic E-state index is -4.80. The van der Waals surface area contributed by atoms with Crippen molar-refractivity contribution in [1.82, 2.24) is 9.97 Å². The van der Waals surface area contributed by atoms with Gasteiger partial charge in [-0.05, 0) is 12.1 Å². The molecule has 8 heteroatoms. The van der Waals surface area contributed by atoms with E-state index in [-0.39, 0.29) is 22.9 Å². The zero-order valence-corrected chi connectivity index (χ0v) is 9.48. The molecular weight excluding hydrogens is 261 g/mol. The Morgan fingerprint density at radius 2 is 1.79 bits per heavy atom. The predicted octanol–water partition coefficient (Wildman–Crippen LogP) is 2.21. The van der Waals surface area contributed by atoms with Crippen molar-refractivity contribution in [3.63, 3.8) is 0 Å². The average molecular weight is 270 g/mol. The lowest BCUT2D eigenvalue weighted by Gasteiger charge is -2.13. The average Bonchev–Trinajstić information content (AvgIpc) is 2.28. The number of aromatic nitrogens is 2. The smallest absolute Gasteiger partial charge is 0.405 e. The number of ether oxygens (including phenoxy) is 1. The Hall–Kier alpha value is -2.51. The molecule has 0 aliphatic carbocycles. The zero-order valence-electron chi connectivity index (χ0n) is 9.48. The summed E-state index contributed by atoms with van der Waals surface area (Å²) in [6.07, 6.45) is -3.60. The number of hydrogen-bond acceptors (Lipinski definition) is 5. The molecular formula is C11H9F3N4O. The van der Waals surface area contributed by atoms with E-state index in [1.54, 1.807) is 0 Å². The highest BCUT2D eigenvalue weighted by molar-refractivity contribution is 5.75. The van der Waals surface area contributed by atoms with Crippen LogP contribution in [0, 0.1) is 0 Å². The van der Waals surface area contributed by atoms with Crippen molar-refractivity contribution in [2.75, 3.05) is 11.5 Å². The normalized spacial score (nSPS) is 11.3. The number of halogens is 3. The minimum Gasteiger partial charge on any atom is -0.405 e. The lowest BCUT2D eigenvalue weighted by Crippen LogP contribution is -2.17. The number of alkyl halides is 3. The van der Waals surface area contributed by atoms with E-state index in [0.29, 0.717) is 0 Å². The Balaban J connectivity index is 2.50. The second-order valence-electron chi connectivity index (χ2n) is 3.57. The standard InChI is InChI=1S/C11H9F3N4O/c12-11(13,14)19-7-4-2-1-3-6(7)9-10(16)18-8(15)5-17-9/h1-5H,(H4,15,16,18). The fourth-order valence-electron chi connectivity index (χ4n) is 1.50. The molecule has 1 aromatic heterocycles. The fraction of sp³-hybridized carbons (Fsp3) is 0.0909. The van der Waals surface area contributed by atoms with Gasteiger partial charge in [-0.3, -0.25) is 0 Å². The second kappa shape index (κ2) is 4.63. The lowest BCUT2D eigenvalue weighted by molar-refractivity contribution is -0.274. The minimum absolute atomic E-state index is 0.0711. The Morgan fingerprint density at radius 3 is 2.42 bits per heavy atom. The summed E-state index contributed by atoms with van der Waals surface area (Å²) >= 11 is 0. The van der Waals surface area contributed by atoms with Crippen LogP contribution in [0.4, 0.5) is 24.8 Å². The molecule has 0 bridgehead atoms. The number of hydrogen-bond donors (Lipinski definition) is 2. The molecule has 2 rings (SSSR count). The number of nitrogens with two attached hydrogens (primary N) is 2. The first-order valence-electron chi connectivity index (χ1n) is 5.10. The third-order valence-corrected chi connectivity index (χ3v) is 2.19. The van der Waals surface area contributed by atoms with Gasteiger partial charge in [0.15, 0.2) is 5.82 Å². The van der Waals surface area contributed by atoms with E-state index >= 15 is 0 Å². The maximum Gasteiger partial charge on any atom is 0.573 e. The van der Waals surface area contributed by atoms with E-state index in [1.165, 1.54) is 30.5 Å². The molecule has 0 amide bonds. The van der Waals surface area contributed by atoms with E-state index in [2.05, 4.69) is 14.7 Å². The van der Waals surface area contributed by atoms with Gasteiger partial charge in [0.25, 0.3) is 0 Å². The van der Waals surface area contributed by atoms with Crippen LogP contribution in [0.3, 0.4) is 0 Å². The van der Waals surface area contributed by atoms with Crippen LogP contribution in [0.5, 0.6) is 5.75 Å². The van der Waals surface area contributed by atoms with Crippen molar-refractivity contribution in [1.29, 1.82) is 0 Å². The first kappa shape index (κ1) is 12.9. The van der Waals surface area contributed by atoms with Gasteiger partial charge >= 0.3 is 6.36 Å². The summed E-state index contributed by atoms with van der Waals surface area (Å²) in [7, 11) is 0. The van der Waals surface area contributed by atoms with Gasteiger partial charge in [0.1, 0.15) is 17.3 Å². The molecule has 1 aromatic carbocycles. The Morgan fingerprint density at radius 1 is 1.11 bits per heavy atom. The highest BCUT2D eigenvalue weighted by atomic mass is 19.4. The van der Waals surface area contributed by atoms with Gasteiger partial charge in [0, 0.05) is 5.56 Å². The SMILES string of the molecule is Nc1cnc(-c2ccccc2OC(F)(F)F)c(N)n1. The summed E-state index contributed by atoms with van der Waals surface area (Å²) in [5.41, 5.74) is 11.1. The molecule has 2 aromatic rings. The van der Waals surface area contributed by atoms with Gasteiger partial charge < -0.3 is 16.2 Å². The van der Waals surface area contributed by atoms with E-state index in [1.807, 2.05) is 0 Å². The second-order valence-corrected chi connectivity index (χ2v) is 3.57. The van der Waals surface area contributed by atoms with Crippen LogP contribution in [0.25, 0.3) is 11.3 Å². The number of benzene rings is 1. The summed E-state index contributed by atoms with van der Waals surface area (Å²) in [6, 6.07) is 5.51. The third-order valence-electron chi connectivity index (χ3n) is 2.19. The molecule has 0 radical (unpaired) electrons. The van der Waals surface area contributed by atoms with Gasteiger partial charge in [-0.15, -0.1) is 13.2 Å². The highest BCUT2D eigenvalue weighted by Gasteiger charge is 2.32. The fourth-order valence-corrected chi connectivity index (χ4v) is 1.50. The van der Waals surface area contributed by atoms with E-state index in [0.717, 1.165) is 0 Å². The molecule has 100 valence electrons. The van der Waals surface area contributed by atoms with Crippen molar-refractivity contribution in [2.24, 2.45) is 0 Å². The largest absolute Gasteiger partial charge is 0.573 e. The molecule has 0 saturated heterocycles. The van der Waals surface area contributed by atoms with Crippen molar-refractivity contribution in [3.8, 4) is 17.0 Å². The van der Waals surface area contributed by atoms with Crippen LogP contribution >= 0.6 is 0 Å². The van der Waals surface area contributed by atoms with Gasteiger partial charge in [0.2, 0.25) is 0 Å². The highest BCUT2D eigenvalue weighted by Crippen LogP contribution is 2.34. The maximum absolute atomic E-state index is 12.3. The summed E-state index contributed by atoms with van der Waals surface area (Å²) in [5, 5.41) is 0. The summed E-state index contributed by atoms with van der Waals surface area (Å²) < 4.78 is 40.8. The van der Waals surface area contributed by atoms with Crippen molar-refractivity contribution in [2.45, 2.75) is 6.36 Å². The molecule has 0 unspecified atom stereocenters. The quantitative estimate of drug-likeness (QED) is 0.873. The van der Waals surface area contributed by atoms with Crippen LogP contribution in [0.2, 0.25) is 0 Å². The van der Waals surface area contributed by atoms with Gasteiger partial charge in [-0.25, -0.2) is 9.97 Å². The molecule has 0 aliphatic rings. The molecule has 0 saturated carbocycles. The molecule has 4 N–H and O–H groups in total. The van der Waals surface area contributed by atoms with Crippen LogP contribution in [-0.2, 0) is 0 Å². The topological polar surface area (TPSA) is 87.0 Å². The number of para-hydroxylation sites is 1. The van der Waals surface area contributed by atoms with E-state index in [4.69, 9.17) is 11.5 Å². The van der Waals surface area contributed by atoms with Gasteiger partial charge in [-0.1, -0.05) is 12.1 Å². The Labute approximate surface area is 106 Å². The Kier molecular flexibility index (Phi) is 3.16. The lowest BCUT2D eigenvalue weighted by atomic mass is 10.1. The predicted molar refractivity (Wildman–Crippen MR) is 63.0 cm³/mol. The first-order chi connectivity index (χ1) is 8.87. The van der Waals surface area contributed by atoms with Crippen molar-refractivity contribution in [3.05, 3.63) is 30.5 Å². The summed E-state index contributed by atoms with van der Waals surface area (Å²) in [5.74, 6) is -0.394. The monoisotopic (exact) mass is 270 g/mol.